The van der Waals surface area contributed by atoms with Crippen molar-refractivity contribution < 1.29 is 4.79 Å². The SMILES string of the molecule is CCC(C)C(C)N1C(=O)C2(CC2)NC1C(C)C. The highest BCUT2D eigenvalue weighted by Gasteiger charge is 2.60. The summed E-state index contributed by atoms with van der Waals surface area (Å²) in [5, 5.41) is 3.58. The lowest BCUT2D eigenvalue weighted by atomic mass is 9.97. The zero-order valence-electron chi connectivity index (χ0n) is 11.8. The van der Waals surface area contributed by atoms with Crippen LogP contribution >= 0.6 is 0 Å². The van der Waals surface area contributed by atoms with E-state index >= 15 is 0 Å². The second-order valence-electron chi connectivity index (χ2n) is 6.25. The fourth-order valence-electron chi connectivity index (χ4n) is 2.81. The number of rotatable bonds is 4. The van der Waals surface area contributed by atoms with Crippen LogP contribution in [0.25, 0.3) is 0 Å². The third-order valence-electron chi connectivity index (χ3n) is 4.66. The van der Waals surface area contributed by atoms with E-state index in [-0.39, 0.29) is 11.7 Å². The molecule has 1 saturated carbocycles. The van der Waals surface area contributed by atoms with Crippen LogP contribution in [0.4, 0.5) is 0 Å². The first-order valence-corrected chi connectivity index (χ1v) is 7.03. The Morgan fingerprint density at radius 2 is 1.94 bits per heavy atom. The molecule has 1 heterocycles. The number of carbonyl (C=O) groups excluding carboxylic acids is 1. The summed E-state index contributed by atoms with van der Waals surface area (Å²) in [4.78, 5) is 14.7. The molecule has 1 saturated heterocycles. The summed E-state index contributed by atoms with van der Waals surface area (Å²) >= 11 is 0. The Hall–Kier alpha value is -0.570. The molecule has 2 rings (SSSR count). The van der Waals surface area contributed by atoms with E-state index in [1.54, 1.807) is 0 Å². The number of nitrogens with one attached hydrogen (secondary N) is 1. The van der Waals surface area contributed by atoms with Crippen molar-refractivity contribution in [1.29, 1.82) is 0 Å². The molecule has 1 aliphatic carbocycles. The molecule has 1 amide bonds. The topological polar surface area (TPSA) is 32.3 Å². The molecule has 1 N–H and O–H groups in total. The second kappa shape index (κ2) is 4.27. The molecule has 0 radical (unpaired) electrons. The molecule has 2 fully saturated rings. The van der Waals surface area contributed by atoms with Gasteiger partial charge in [0, 0.05) is 6.04 Å². The maximum absolute atomic E-state index is 12.5. The summed E-state index contributed by atoms with van der Waals surface area (Å²) in [7, 11) is 0. The quantitative estimate of drug-likeness (QED) is 0.815. The first-order chi connectivity index (χ1) is 7.93. The lowest BCUT2D eigenvalue weighted by Gasteiger charge is -2.35. The first-order valence-electron chi connectivity index (χ1n) is 7.03. The van der Waals surface area contributed by atoms with E-state index in [2.05, 4.69) is 44.8 Å². The van der Waals surface area contributed by atoms with Crippen LogP contribution in [-0.2, 0) is 4.79 Å². The molecule has 0 bridgehead atoms. The van der Waals surface area contributed by atoms with E-state index in [1.165, 1.54) is 0 Å². The van der Waals surface area contributed by atoms with Gasteiger partial charge >= 0.3 is 0 Å². The van der Waals surface area contributed by atoms with Crippen molar-refractivity contribution in [3.05, 3.63) is 0 Å². The molecule has 3 nitrogen and oxygen atoms in total. The Morgan fingerprint density at radius 1 is 1.35 bits per heavy atom. The van der Waals surface area contributed by atoms with Crippen LogP contribution in [0.5, 0.6) is 0 Å². The number of amides is 1. The van der Waals surface area contributed by atoms with Crippen LogP contribution in [0, 0.1) is 11.8 Å². The van der Waals surface area contributed by atoms with Gasteiger partial charge in [0.15, 0.2) is 0 Å². The van der Waals surface area contributed by atoms with Crippen LogP contribution in [0.2, 0.25) is 0 Å². The highest BCUT2D eigenvalue weighted by molar-refractivity contribution is 5.92. The van der Waals surface area contributed by atoms with Crippen LogP contribution in [0.15, 0.2) is 0 Å². The Labute approximate surface area is 105 Å². The Balaban J connectivity index is 2.20. The van der Waals surface area contributed by atoms with Gasteiger partial charge in [-0.3, -0.25) is 10.1 Å². The van der Waals surface area contributed by atoms with E-state index < -0.39 is 0 Å². The minimum absolute atomic E-state index is 0.170. The largest absolute Gasteiger partial charge is 0.322 e. The van der Waals surface area contributed by atoms with E-state index in [1.807, 2.05) is 0 Å². The third kappa shape index (κ3) is 1.99. The van der Waals surface area contributed by atoms with Crippen molar-refractivity contribution >= 4 is 5.91 Å². The van der Waals surface area contributed by atoms with Crippen molar-refractivity contribution in [2.24, 2.45) is 11.8 Å². The van der Waals surface area contributed by atoms with Gasteiger partial charge in [-0.05, 0) is 31.6 Å². The Morgan fingerprint density at radius 3 is 2.35 bits per heavy atom. The molecule has 0 aromatic heterocycles. The zero-order valence-corrected chi connectivity index (χ0v) is 11.8. The third-order valence-corrected chi connectivity index (χ3v) is 4.66. The lowest BCUT2D eigenvalue weighted by Crippen LogP contribution is -2.48. The normalized spacial score (nSPS) is 30.1. The number of hydrogen-bond acceptors (Lipinski definition) is 2. The number of carbonyl (C=O) groups is 1. The fourth-order valence-corrected chi connectivity index (χ4v) is 2.81. The van der Waals surface area contributed by atoms with Gasteiger partial charge in [-0.25, -0.2) is 0 Å². The molecule has 17 heavy (non-hydrogen) atoms. The maximum atomic E-state index is 12.5. The molecule has 3 unspecified atom stereocenters. The second-order valence-corrected chi connectivity index (χ2v) is 6.25. The van der Waals surface area contributed by atoms with Crippen LogP contribution < -0.4 is 5.32 Å². The average molecular weight is 238 g/mol. The molecule has 3 atom stereocenters. The van der Waals surface area contributed by atoms with Gasteiger partial charge in [-0.1, -0.05) is 34.1 Å². The van der Waals surface area contributed by atoms with E-state index in [0.717, 1.165) is 19.3 Å². The standard InChI is InChI=1S/C14H26N2O/c1-6-10(4)11(5)16-12(9(2)3)15-14(7-8-14)13(16)17/h9-12,15H,6-8H2,1-5H3. The minimum atomic E-state index is -0.170. The first kappa shape index (κ1) is 12.9. The molecule has 98 valence electrons. The average Bonchev–Trinajstić information content (AvgIpc) is 3.00. The van der Waals surface area contributed by atoms with Gasteiger partial charge in [-0.15, -0.1) is 0 Å². The van der Waals surface area contributed by atoms with Crippen LogP contribution in [0.3, 0.4) is 0 Å². The molecule has 0 aromatic carbocycles. The van der Waals surface area contributed by atoms with Crippen molar-refractivity contribution in [2.45, 2.75) is 71.6 Å². The number of nitrogens with zero attached hydrogens (tertiary/aromatic N) is 1. The summed E-state index contributed by atoms with van der Waals surface area (Å²) in [6.45, 7) is 11.0. The van der Waals surface area contributed by atoms with Crippen molar-refractivity contribution in [3.8, 4) is 0 Å². The summed E-state index contributed by atoms with van der Waals surface area (Å²) in [5.41, 5.74) is -0.170. The van der Waals surface area contributed by atoms with Gasteiger partial charge in [0.1, 0.15) is 0 Å². The van der Waals surface area contributed by atoms with Gasteiger partial charge < -0.3 is 4.90 Å². The molecule has 1 spiro atoms. The van der Waals surface area contributed by atoms with Crippen LogP contribution in [-0.4, -0.2) is 28.6 Å². The summed E-state index contributed by atoms with van der Waals surface area (Å²) < 4.78 is 0. The van der Waals surface area contributed by atoms with Gasteiger partial charge in [-0.2, -0.15) is 0 Å². The molecular formula is C14H26N2O. The zero-order chi connectivity index (χ0) is 12.8. The van der Waals surface area contributed by atoms with Gasteiger partial charge in [0.2, 0.25) is 5.91 Å². The summed E-state index contributed by atoms with van der Waals surface area (Å²) in [6.07, 6.45) is 3.41. The highest BCUT2D eigenvalue weighted by Crippen LogP contribution is 2.44. The Bertz CT molecular complexity index is 309. The summed E-state index contributed by atoms with van der Waals surface area (Å²) in [5.74, 6) is 1.39. The predicted molar refractivity (Wildman–Crippen MR) is 69.5 cm³/mol. The van der Waals surface area contributed by atoms with E-state index in [9.17, 15) is 4.79 Å². The van der Waals surface area contributed by atoms with E-state index in [4.69, 9.17) is 0 Å². The minimum Gasteiger partial charge on any atom is -0.322 e. The van der Waals surface area contributed by atoms with Gasteiger partial charge in [0.25, 0.3) is 0 Å². The van der Waals surface area contributed by atoms with Crippen molar-refractivity contribution in [3.63, 3.8) is 0 Å². The molecule has 1 aliphatic heterocycles. The lowest BCUT2D eigenvalue weighted by molar-refractivity contribution is -0.134. The molecule has 0 aromatic rings. The molecule has 3 heteroatoms. The molecule has 2 aliphatic rings. The van der Waals surface area contributed by atoms with Crippen LogP contribution in [0.1, 0.15) is 53.9 Å². The van der Waals surface area contributed by atoms with E-state index in [0.29, 0.717) is 23.8 Å². The molecular weight excluding hydrogens is 212 g/mol. The van der Waals surface area contributed by atoms with Crippen molar-refractivity contribution in [1.82, 2.24) is 10.2 Å². The smallest absolute Gasteiger partial charge is 0.244 e. The van der Waals surface area contributed by atoms with Crippen molar-refractivity contribution in [2.75, 3.05) is 0 Å². The fraction of sp³-hybridized carbons (Fsp3) is 0.929. The monoisotopic (exact) mass is 238 g/mol. The number of hydrogen-bond donors (Lipinski definition) is 1. The Kier molecular flexibility index (Phi) is 3.23. The summed E-state index contributed by atoms with van der Waals surface area (Å²) in [6, 6.07) is 0.340. The predicted octanol–water partition coefficient (Wildman–Crippen LogP) is 2.37. The van der Waals surface area contributed by atoms with Gasteiger partial charge in [0.05, 0.1) is 11.7 Å². The maximum Gasteiger partial charge on any atom is 0.244 e. The highest BCUT2D eigenvalue weighted by atomic mass is 16.2.